The fourth-order valence-electron chi connectivity index (χ4n) is 3.22. The molecule has 0 aromatic heterocycles. The van der Waals surface area contributed by atoms with Crippen LogP contribution in [0.15, 0.2) is 11.6 Å². The smallest absolute Gasteiger partial charge is 0.0657 e. The molecule has 2 aliphatic rings. The third kappa shape index (κ3) is 2.43. The SMILES string of the molecule is CC1=CC(C)CC(C2OCCC2CO)C1. The van der Waals surface area contributed by atoms with E-state index in [2.05, 4.69) is 19.9 Å². The van der Waals surface area contributed by atoms with Crippen molar-refractivity contribution in [1.82, 2.24) is 0 Å². The lowest BCUT2D eigenvalue weighted by atomic mass is 9.77. The van der Waals surface area contributed by atoms with Gasteiger partial charge in [0.2, 0.25) is 0 Å². The monoisotopic (exact) mass is 210 g/mol. The van der Waals surface area contributed by atoms with E-state index >= 15 is 0 Å². The maximum absolute atomic E-state index is 9.30. The van der Waals surface area contributed by atoms with E-state index in [-0.39, 0.29) is 6.61 Å². The quantitative estimate of drug-likeness (QED) is 0.709. The lowest BCUT2D eigenvalue weighted by Crippen LogP contribution is -2.31. The van der Waals surface area contributed by atoms with Crippen LogP contribution < -0.4 is 0 Å². The summed E-state index contributed by atoms with van der Waals surface area (Å²) in [6.45, 7) is 5.62. The van der Waals surface area contributed by atoms with Gasteiger partial charge in [-0.05, 0) is 38.0 Å². The average molecular weight is 210 g/mol. The van der Waals surface area contributed by atoms with Crippen molar-refractivity contribution in [1.29, 1.82) is 0 Å². The molecule has 4 atom stereocenters. The van der Waals surface area contributed by atoms with Crippen molar-refractivity contribution >= 4 is 0 Å². The largest absolute Gasteiger partial charge is 0.396 e. The van der Waals surface area contributed by atoms with Crippen LogP contribution in [0.3, 0.4) is 0 Å². The molecule has 0 spiro atoms. The molecular weight excluding hydrogens is 188 g/mol. The molecule has 1 fully saturated rings. The Morgan fingerprint density at radius 1 is 1.53 bits per heavy atom. The molecule has 1 heterocycles. The van der Waals surface area contributed by atoms with Crippen LogP contribution in [0, 0.1) is 17.8 Å². The van der Waals surface area contributed by atoms with Crippen molar-refractivity contribution in [2.75, 3.05) is 13.2 Å². The second kappa shape index (κ2) is 4.67. The topological polar surface area (TPSA) is 29.5 Å². The van der Waals surface area contributed by atoms with Crippen LogP contribution in [-0.2, 0) is 4.74 Å². The van der Waals surface area contributed by atoms with E-state index in [1.807, 2.05) is 0 Å². The lowest BCUT2D eigenvalue weighted by Gasteiger charge is -2.32. The van der Waals surface area contributed by atoms with Crippen molar-refractivity contribution in [3.05, 3.63) is 11.6 Å². The Morgan fingerprint density at radius 3 is 3.00 bits per heavy atom. The lowest BCUT2D eigenvalue weighted by molar-refractivity contribution is 0.0188. The fraction of sp³-hybridized carbons (Fsp3) is 0.846. The molecule has 0 aromatic rings. The third-order valence-electron chi connectivity index (χ3n) is 3.79. The Kier molecular flexibility index (Phi) is 3.47. The van der Waals surface area contributed by atoms with Gasteiger partial charge in [-0.1, -0.05) is 18.6 Å². The highest BCUT2D eigenvalue weighted by Crippen LogP contribution is 2.37. The number of allylic oxidation sites excluding steroid dienone is 2. The van der Waals surface area contributed by atoms with Crippen LogP contribution in [-0.4, -0.2) is 24.4 Å². The number of aliphatic hydroxyl groups is 1. The van der Waals surface area contributed by atoms with E-state index in [4.69, 9.17) is 4.74 Å². The number of rotatable bonds is 2. The first-order valence-electron chi connectivity index (χ1n) is 6.10. The summed E-state index contributed by atoms with van der Waals surface area (Å²) in [5.74, 6) is 1.69. The molecule has 1 N–H and O–H groups in total. The Balaban J connectivity index is 2.02. The minimum absolute atomic E-state index is 0.290. The van der Waals surface area contributed by atoms with Gasteiger partial charge >= 0.3 is 0 Å². The van der Waals surface area contributed by atoms with Gasteiger partial charge in [0.1, 0.15) is 0 Å². The fourth-order valence-corrected chi connectivity index (χ4v) is 3.22. The van der Waals surface area contributed by atoms with Gasteiger partial charge in [-0.2, -0.15) is 0 Å². The van der Waals surface area contributed by atoms with E-state index in [0.29, 0.717) is 23.9 Å². The van der Waals surface area contributed by atoms with Crippen LogP contribution in [0.2, 0.25) is 0 Å². The van der Waals surface area contributed by atoms with Gasteiger partial charge in [-0.25, -0.2) is 0 Å². The molecule has 2 nitrogen and oxygen atoms in total. The average Bonchev–Trinajstić information content (AvgIpc) is 2.63. The first kappa shape index (κ1) is 11.2. The standard InChI is InChI=1S/C13H22O2/c1-9-5-10(2)7-12(6-9)13-11(8-14)3-4-15-13/h5,9,11-14H,3-4,6-8H2,1-2H3. The molecule has 0 bridgehead atoms. The maximum atomic E-state index is 9.30. The van der Waals surface area contributed by atoms with Crippen LogP contribution in [0.25, 0.3) is 0 Å². The maximum Gasteiger partial charge on any atom is 0.0657 e. The Bertz CT molecular complexity index is 247. The summed E-state index contributed by atoms with van der Waals surface area (Å²) in [5.41, 5.74) is 1.49. The minimum Gasteiger partial charge on any atom is -0.396 e. The molecule has 1 aliphatic carbocycles. The molecule has 1 aliphatic heterocycles. The van der Waals surface area contributed by atoms with Crippen molar-refractivity contribution in [3.63, 3.8) is 0 Å². The number of aliphatic hydroxyl groups excluding tert-OH is 1. The summed E-state index contributed by atoms with van der Waals surface area (Å²) in [6.07, 6.45) is 6.10. The first-order chi connectivity index (χ1) is 7.20. The van der Waals surface area contributed by atoms with Gasteiger partial charge in [-0.15, -0.1) is 0 Å². The normalized spacial score (nSPS) is 41.7. The van der Waals surface area contributed by atoms with Crippen LogP contribution in [0.4, 0.5) is 0 Å². The van der Waals surface area contributed by atoms with Crippen molar-refractivity contribution in [2.45, 2.75) is 39.2 Å². The van der Waals surface area contributed by atoms with Crippen molar-refractivity contribution in [2.24, 2.45) is 17.8 Å². The van der Waals surface area contributed by atoms with E-state index in [1.165, 1.54) is 12.0 Å². The molecule has 86 valence electrons. The van der Waals surface area contributed by atoms with Gasteiger partial charge < -0.3 is 9.84 Å². The number of hydrogen-bond acceptors (Lipinski definition) is 2. The summed E-state index contributed by atoms with van der Waals surface area (Å²) < 4.78 is 5.81. The van der Waals surface area contributed by atoms with E-state index < -0.39 is 0 Å². The number of ether oxygens (including phenoxy) is 1. The first-order valence-corrected chi connectivity index (χ1v) is 6.10. The van der Waals surface area contributed by atoms with Gasteiger partial charge in [0.15, 0.2) is 0 Å². The van der Waals surface area contributed by atoms with Gasteiger partial charge in [0.25, 0.3) is 0 Å². The zero-order valence-corrected chi connectivity index (χ0v) is 9.78. The van der Waals surface area contributed by atoms with E-state index in [1.54, 1.807) is 0 Å². The third-order valence-corrected chi connectivity index (χ3v) is 3.79. The minimum atomic E-state index is 0.290. The molecule has 2 rings (SSSR count). The molecule has 4 unspecified atom stereocenters. The summed E-state index contributed by atoms with van der Waals surface area (Å²) in [6, 6.07) is 0. The Hall–Kier alpha value is -0.340. The summed E-state index contributed by atoms with van der Waals surface area (Å²) in [4.78, 5) is 0. The van der Waals surface area contributed by atoms with Crippen LogP contribution in [0.1, 0.15) is 33.1 Å². The van der Waals surface area contributed by atoms with E-state index in [9.17, 15) is 5.11 Å². The highest BCUT2D eigenvalue weighted by Gasteiger charge is 2.35. The second-order valence-corrected chi connectivity index (χ2v) is 5.26. The van der Waals surface area contributed by atoms with Crippen LogP contribution >= 0.6 is 0 Å². The van der Waals surface area contributed by atoms with E-state index in [0.717, 1.165) is 19.4 Å². The molecule has 0 saturated carbocycles. The zero-order chi connectivity index (χ0) is 10.8. The Labute approximate surface area is 92.3 Å². The van der Waals surface area contributed by atoms with Gasteiger partial charge in [-0.3, -0.25) is 0 Å². The van der Waals surface area contributed by atoms with Crippen molar-refractivity contribution < 1.29 is 9.84 Å². The van der Waals surface area contributed by atoms with Gasteiger partial charge in [0, 0.05) is 19.1 Å². The van der Waals surface area contributed by atoms with Crippen molar-refractivity contribution in [3.8, 4) is 0 Å². The second-order valence-electron chi connectivity index (χ2n) is 5.26. The molecule has 0 amide bonds. The predicted octanol–water partition coefficient (Wildman–Crippen LogP) is 2.38. The molecule has 1 saturated heterocycles. The van der Waals surface area contributed by atoms with Crippen LogP contribution in [0.5, 0.6) is 0 Å². The molecule has 0 aromatic carbocycles. The number of hydrogen-bond donors (Lipinski definition) is 1. The Morgan fingerprint density at radius 2 is 2.33 bits per heavy atom. The molecule has 2 heteroatoms. The summed E-state index contributed by atoms with van der Waals surface area (Å²) in [7, 11) is 0. The van der Waals surface area contributed by atoms with Gasteiger partial charge in [0.05, 0.1) is 6.10 Å². The molecular formula is C13H22O2. The predicted molar refractivity (Wildman–Crippen MR) is 60.6 cm³/mol. The summed E-state index contributed by atoms with van der Waals surface area (Å²) >= 11 is 0. The molecule has 15 heavy (non-hydrogen) atoms. The highest BCUT2D eigenvalue weighted by molar-refractivity contribution is 5.08. The molecule has 0 radical (unpaired) electrons. The zero-order valence-electron chi connectivity index (χ0n) is 9.78. The highest BCUT2D eigenvalue weighted by atomic mass is 16.5. The summed E-state index contributed by atoms with van der Waals surface area (Å²) in [5, 5.41) is 9.30.